The lowest BCUT2D eigenvalue weighted by atomic mass is 9.90. The van der Waals surface area contributed by atoms with E-state index in [0.717, 1.165) is 6.07 Å². The molecule has 0 bridgehead atoms. The van der Waals surface area contributed by atoms with Crippen molar-refractivity contribution in [3.8, 4) is 0 Å². The van der Waals surface area contributed by atoms with Crippen molar-refractivity contribution < 1.29 is 13.2 Å². The van der Waals surface area contributed by atoms with E-state index < -0.39 is 12.2 Å². The third kappa shape index (κ3) is 3.92. The van der Waals surface area contributed by atoms with E-state index in [4.69, 9.17) is 5.14 Å². The third-order valence-electron chi connectivity index (χ3n) is 2.92. The van der Waals surface area contributed by atoms with Crippen molar-refractivity contribution in [3.05, 3.63) is 35.1 Å². The van der Waals surface area contributed by atoms with Crippen molar-refractivity contribution in [1.29, 1.82) is 0 Å². The van der Waals surface area contributed by atoms with Crippen LogP contribution < -0.4 is 5.14 Å². The van der Waals surface area contributed by atoms with Gasteiger partial charge < -0.3 is 0 Å². The maximum Gasteiger partial charge on any atom is 0.263 e. The molecule has 0 aliphatic rings. The lowest BCUT2D eigenvalue weighted by molar-refractivity contribution is 0.151. The van der Waals surface area contributed by atoms with Gasteiger partial charge in [0, 0.05) is 10.3 Å². The molecule has 0 aliphatic heterocycles. The molecule has 0 radical (unpaired) electrons. The largest absolute Gasteiger partial charge is 0.277 e. The molecule has 1 nitrogen and oxygen atoms in total. The van der Waals surface area contributed by atoms with Crippen LogP contribution in [-0.4, -0.2) is 4.75 Å². The lowest BCUT2D eigenvalue weighted by Crippen LogP contribution is -2.20. The highest BCUT2D eigenvalue weighted by Crippen LogP contribution is 2.34. The molecule has 1 rings (SSSR count). The Kier molecular flexibility index (Phi) is 5.10. The highest BCUT2D eigenvalue weighted by Gasteiger charge is 2.23. The Morgan fingerprint density at radius 1 is 1.33 bits per heavy atom. The quantitative estimate of drug-likeness (QED) is 0.793. The number of alkyl halides is 2. The zero-order valence-corrected chi connectivity index (χ0v) is 11.5. The topological polar surface area (TPSA) is 26.0 Å². The Hall–Kier alpha value is -0.680. The van der Waals surface area contributed by atoms with Crippen LogP contribution in [0.4, 0.5) is 13.2 Å². The summed E-state index contributed by atoms with van der Waals surface area (Å²) in [5, 5.41) is 5.56. The molecule has 0 saturated heterocycles. The van der Waals surface area contributed by atoms with Crippen molar-refractivity contribution in [2.75, 3.05) is 0 Å². The van der Waals surface area contributed by atoms with E-state index in [-0.39, 0.29) is 16.2 Å². The molecule has 102 valence electrons. The second-order valence-electron chi connectivity index (χ2n) is 5.06. The van der Waals surface area contributed by atoms with Gasteiger partial charge in [-0.3, -0.25) is 5.14 Å². The number of halogens is 3. The van der Waals surface area contributed by atoms with Gasteiger partial charge in [0.25, 0.3) is 6.43 Å². The average molecular weight is 277 g/mol. The van der Waals surface area contributed by atoms with Crippen LogP contribution in [0, 0.1) is 5.82 Å². The summed E-state index contributed by atoms with van der Waals surface area (Å²) in [4.78, 5) is 0. The van der Waals surface area contributed by atoms with Gasteiger partial charge in [0.05, 0.1) is 0 Å². The van der Waals surface area contributed by atoms with Crippen LogP contribution in [0.3, 0.4) is 0 Å². The molecule has 0 fully saturated rings. The molecule has 5 heteroatoms. The van der Waals surface area contributed by atoms with Crippen LogP contribution >= 0.6 is 11.9 Å². The highest BCUT2D eigenvalue weighted by molar-refractivity contribution is 7.98. The zero-order chi connectivity index (χ0) is 13.9. The van der Waals surface area contributed by atoms with Crippen LogP contribution in [-0.2, 0) is 0 Å². The summed E-state index contributed by atoms with van der Waals surface area (Å²) in [5.41, 5.74) is 0.178. The predicted octanol–water partition coefficient (Wildman–Crippen LogP) is 4.64. The summed E-state index contributed by atoms with van der Waals surface area (Å²) in [5.74, 6) is -0.638. The van der Waals surface area contributed by atoms with Gasteiger partial charge in [-0.25, -0.2) is 13.2 Å². The van der Waals surface area contributed by atoms with Crippen molar-refractivity contribution in [3.63, 3.8) is 0 Å². The van der Waals surface area contributed by atoms with Crippen molar-refractivity contribution >= 4 is 11.9 Å². The van der Waals surface area contributed by atoms with Crippen LogP contribution in [0.2, 0.25) is 0 Å². The number of hydrogen-bond donors (Lipinski definition) is 1. The van der Waals surface area contributed by atoms with Gasteiger partial charge in [0.1, 0.15) is 5.82 Å². The number of rotatable bonds is 5. The van der Waals surface area contributed by atoms with Gasteiger partial charge in [-0.05, 0) is 37.8 Å². The van der Waals surface area contributed by atoms with E-state index in [1.165, 1.54) is 24.1 Å². The van der Waals surface area contributed by atoms with Gasteiger partial charge in [-0.15, -0.1) is 0 Å². The summed E-state index contributed by atoms with van der Waals surface area (Å²) in [6.07, 6.45) is -1.96. The van der Waals surface area contributed by atoms with E-state index in [0.29, 0.717) is 12.0 Å². The minimum Gasteiger partial charge on any atom is -0.277 e. The monoisotopic (exact) mass is 277 g/mol. The Morgan fingerprint density at radius 3 is 2.39 bits per heavy atom. The van der Waals surface area contributed by atoms with Crippen LogP contribution in [0.1, 0.15) is 50.7 Å². The molecule has 0 amide bonds. The fourth-order valence-corrected chi connectivity index (χ4v) is 2.32. The Labute approximate surface area is 110 Å². The van der Waals surface area contributed by atoms with Gasteiger partial charge in [0.15, 0.2) is 0 Å². The molecule has 0 heterocycles. The maximum atomic E-state index is 13.8. The standard InChI is InChI=1S/C13H18F3NS/c1-8(7-13(2,3)18-17)10-5-4-9(12(15)16)6-11(10)14/h4-6,8,12H,7,17H2,1-3H3/t8-/m0/s1. The first-order chi connectivity index (χ1) is 8.26. The fraction of sp³-hybridized carbons (Fsp3) is 0.538. The first kappa shape index (κ1) is 15.4. The second-order valence-corrected chi connectivity index (χ2v) is 6.41. The van der Waals surface area contributed by atoms with Crippen molar-refractivity contribution in [2.45, 2.75) is 44.3 Å². The molecule has 0 aliphatic carbocycles. The second kappa shape index (κ2) is 5.97. The van der Waals surface area contributed by atoms with E-state index in [9.17, 15) is 13.2 Å². The third-order valence-corrected chi connectivity index (χ3v) is 3.73. The molecule has 1 atom stereocenters. The Balaban J connectivity index is 2.90. The minimum atomic E-state index is -2.64. The van der Waals surface area contributed by atoms with Gasteiger partial charge in [0.2, 0.25) is 0 Å². The zero-order valence-electron chi connectivity index (χ0n) is 10.7. The summed E-state index contributed by atoms with van der Waals surface area (Å²) in [6, 6.07) is 3.64. The molecule has 0 spiro atoms. The molecular formula is C13H18F3NS. The van der Waals surface area contributed by atoms with Gasteiger partial charge >= 0.3 is 0 Å². The minimum absolute atomic E-state index is 0.0669. The lowest BCUT2D eigenvalue weighted by Gasteiger charge is -2.25. The molecule has 1 aromatic carbocycles. The van der Waals surface area contributed by atoms with E-state index >= 15 is 0 Å². The molecular weight excluding hydrogens is 259 g/mol. The van der Waals surface area contributed by atoms with Crippen LogP contribution in [0.25, 0.3) is 0 Å². The average Bonchev–Trinajstić information content (AvgIpc) is 2.28. The molecule has 0 aromatic heterocycles. The summed E-state index contributed by atoms with van der Waals surface area (Å²) >= 11 is 1.22. The first-order valence-electron chi connectivity index (χ1n) is 5.72. The van der Waals surface area contributed by atoms with E-state index in [1.54, 1.807) is 0 Å². The molecule has 18 heavy (non-hydrogen) atoms. The normalized spacial score (nSPS) is 14.0. The van der Waals surface area contributed by atoms with Crippen molar-refractivity contribution in [2.24, 2.45) is 5.14 Å². The molecule has 2 N–H and O–H groups in total. The molecule has 1 aromatic rings. The Bertz CT molecular complexity index is 407. The van der Waals surface area contributed by atoms with E-state index in [1.807, 2.05) is 20.8 Å². The maximum absolute atomic E-state index is 13.8. The van der Waals surface area contributed by atoms with E-state index in [2.05, 4.69) is 0 Å². The van der Waals surface area contributed by atoms with Crippen LogP contribution in [0.5, 0.6) is 0 Å². The highest BCUT2D eigenvalue weighted by atomic mass is 32.2. The number of nitrogens with two attached hydrogens (primary N) is 1. The Morgan fingerprint density at radius 2 is 1.94 bits per heavy atom. The number of benzene rings is 1. The fourth-order valence-electron chi connectivity index (χ4n) is 1.97. The predicted molar refractivity (Wildman–Crippen MR) is 70.2 cm³/mol. The summed E-state index contributed by atoms with van der Waals surface area (Å²) < 4.78 is 38.4. The molecule has 0 unspecified atom stereocenters. The number of hydrogen-bond acceptors (Lipinski definition) is 2. The molecule has 0 saturated carbocycles. The van der Waals surface area contributed by atoms with Gasteiger partial charge in [-0.2, -0.15) is 0 Å². The summed E-state index contributed by atoms with van der Waals surface area (Å²) in [7, 11) is 0. The van der Waals surface area contributed by atoms with Crippen molar-refractivity contribution in [1.82, 2.24) is 0 Å². The summed E-state index contributed by atoms with van der Waals surface area (Å²) in [6.45, 7) is 5.82. The van der Waals surface area contributed by atoms with Gasteiger partial charge in [-0.1, -0.05) is 31.0 Å². The smallest absolute Gasteiger partial charge is 0.263 e. The SMILES string of the molecule is C[C@@H](CC(C)(C)SN)c1ccc(C(F)F)cc1F. The first-order valence-corrected chi connectivity index (χ1v) is 6.60. The van der Waals surface area contributed by atoms with Crippen LogP contribution in [0.15, 0.2) is 18.2 Å².